The second kappa shape index (κ2) is 6.56. The molecular formula is C11H21F3N2O. The standard InChI is InChI=1S/C11H21F3N2O/c1-3-9-8-16(5-4-10(9)15-2)6-7-17-11(12,13)14/h9-10,15H,3-8H2,1-2H3. The predicted octanol–water partition coefficient (Wildman–Crippen LogP) is 1.84. The first-order valence-corrected chi connectivity index (χ1v) is 6.06. The number of alkyl halides is 3. The fourth-order valence-electron chi connectivity index (χ4n) is 2.39. The minimum absolute atomic E-state index is 0.274. The molecule has 1 N–H and O–H groups in total. The van der Waals surface area contributed by atoms with E-state index in [1.165, 1.54) is 0 Å². The summed E-state index contributed by atoms with van der Waals surface area (Å²) in [5.41, 5.74) is 0. The van der Waals surface area contributed by atoms with Crippen LogP contribution < -0.4 is 5.32 Å². The number of nitrogens with zero attached hydrogens (tertiary/aromatic N) is 1. The van der Waals surface area contributed by atoms with Crippen molar-refractivity contribution in [1.82, 2.24) is 10.2 Å². The highest BCUT2D eigenvalue weighted by Gasteiger charge is 2.30. The third-order valence-corrected chi connectivity index (χ3v) is 3.39. The molecule has 2 atom stereocenters. The molecule has 1 heterocycles. The summed E-state index contributed by atoms with van der Waals surface area (Å²) < 4.78 is 39.3. The van der Waals surface area contributed by atoms with Gasteiger partial charge in [0.05, 0.1) is 6.61 Å². The van der Waals surface area contributed by atoms with Crippen molar-refractivity contribution in [1.29, 1.82) is 0 Å². The molecule has 0 aromatic heterocycles. The van der Waals surface area contributed by atoms with Gasteiger partial charge in [-0.2, -0.15) is 0 Å². The molecular weight excluding hydrogens is 233 g/mol. The lowest BCUT2D eigenvalue weighted by Crippen LogP contribution is -2.49. The second-order valence-corrected chi connectivity index (χ2v) is 4.45. The zero-order valence-corrected chi connectivity index (χ0v) is 10.4. The summed E-state index contributed by atoms with van der Waals surface area (Å²) >= 11 is 0. The molecule has 6 heteroatoms. The van der Waals surface area contributed by atoms with Crippen molar-refractivity contribution in [3.05, 3.63) is 0 Å². The lowest BCUT2D eigenvalue weighted by atomic mass is 9.90. The van der Waals surface area contributed by atoms with E-state index in [0.717, 1.165) is 25.9 Å². The monoisotopic (exact) mass is 254 g/mol. The molecule has 0 bridgehead atoms. The number of piperidine rings is 1. The first-order chi connectivity index (χ1) is 7.96. The quantitative estimate of drug-likeness (QED) is 0.810. The van der Waals surface area contributed by atoms with Crippen LogP contribution in [0.25, 0.3) is 0 Å². The van der Waals surface area contributed by atoms with E-state index in [4.69, 9.17) is 0 Å². The summed E-state index contributed by atoms with van der Waals surface area (Å²) in [4.78, 5) is 2.05. The van der Waals surface area contributed by atoms with Gasteiger partial charge >= 0.3 is 6.36 Å². The highest BCUT2D eigenvalue weighted by atomic mass is 19.4. The van der Waals surface area contributed by atoms with E-state index < -0.39 is 6.36 Å². The van der Waals surface area contributed by atoms with E-state index >= 15 is 0 Å². The van der Waals surface area contributed by atoms with Gasteiger partial charge in [0.15, 0.2) is 0 Å². The Morgan fingerprint density at radius 3 is 2.65 bits per heavy atom. The Balaban J connectivity index is 2.27. The molecule has 0 radical (unpaired) electrons. The van der Waals surface area contributed by atoms with Gasteiger partial charge in [-0.1, -0.05) is 13.3 Å². The SMILES string of the molecule is CCC1CN(CCOC(F)(F)F)CCC1NC. The topological polar surface area (TPSA) is 24.5 Å². The largest absolute Gasteiger partial charge is 0.522 e. The van der Waals surface area contributed by atoms with Gasteiger partial charge in [0.1, 0.15) is 0 Å². The highest BCUT2D eigenvalue weighted by Crippen LogP contribution is 2.20. The van der Waals surface area contributed by atoms with Crippen molar-refractivity contribution in [3.63, 3.8) is 0 Å². The molecule has 3 nitrogen and oxygen atoms in total. The van der Waals surface area contributed by atoms with Gasteiger partial charge in [-0.05, 0) is 25.9 Å². The van der Waals surface area contributed by atoms with Crippen molar-refractivity contribution in [2.45, 2.75) is 32.2 Å². The first-order valence-electron chi connectivity index (χ1n) is 6.06. The van der Waals surface area contributed by atoms with E-state index in [-0.39, 0.29) is 6.61 Å². The Morgan fingerprint density at radius 2 is 2.12 bits per heavy atom. The van der Waals surface area contributed by atoms with E-state index in [2.05, 4.69) is 17.0 Å². The molecule has 2 unspecified atom stereocenters. The van der Waals surface area contributed by atoms with Crippen LogP contribution in [0.4, 0.5) is 13.2 Å². The van der Waals surface area contributed by atoms with Crippen LogP contribution in [0.15, 0.2) is 0 Å². The molecule has 0 amide bonds. The van der Waals surface area contributed by atoms with Crippen LogP contribution in [0.1, 0.15) is 19.8 Å². The summed E-state index contributed by atoms with van der Waals surface area (Å²) in [6, 6.07) is 0.486. The van der Waals surface area contributed by atoms with E-state index in [1.54, 1.807) is 0 Å². The van der Waals surface area contributed by atoms with Crippen molar-refractivity contribution in [3.8, 4) is 0 Å². The fourth-order valence-corrected chi connectivity index (χ4v) is 2.39. The van der Waals surface area contributed by atoms with Crippen LogP contribution in [0, 0.1) is 5.92 Å². The van der Waals surface area contributed by atoms with Crippen molar-refractivity contribution in [2.24, 2.45) is 5.92 Å². The molecule has 0 aromatic rings. The fraction of sp³-hybridized carbons (Fsp3) is 1.00. The normalized spacial score (nSPS) is 27.4. The van der Waals surface area contributed by atoms with Crippen molar-refractivity contribution < 1.29 is 17.9 Å². The number of halogens is 3. The summed E-state index contributed by atoms with van der Waals surface area (Å²) in [5, 5.41) is 3.27. The summed E-state index contributed by atoms with van der Waals surface area (Å²) in [5.74, 6) is 0.514. The van der Waals surface area contributed by atoms with Gasteiger partial charge in [-0.15, -0.1) is 13.2 Å². The van der Waals surface area contributed by atoms with Crippen molar-refractivity contribution in [2.75, 3.05) is 33.3 Å². The number of likely N-dealkylation sites (tertiary alicyclic amines) is 1. The number of hydrogen-bond acceptors (Lipinski definition) is 3. The average Bonchev–Trinajstić information content (AvgIpc) is 2.27. The number of ether oxygens (including phenoxy) is 1. The first kappa shape index (κ1) is 14.7. The summed E-state index contributed by atoms with van der Waals surface area (Å²) in [7, 11) is 1.94. The van der Waals surface area contributed by atoms with Crippen LogP contribution in [-0.4, -0.2) is 50.6 Å². The molecule has 0 spiro atoms. The molecule has 1 aliphatic rings. The van der Waals surface area contributed by atoms with E-state index in [0.29, 0.717) is 18.5 Å². The molecule has 102 valence electrons. The Morgan fingerprint density at radius 1 is 1.41 bits per heavy atom. The molecule has 1 rings (SSSR count). The van der Waals surface area contributed by atoms with Gasteiger partial charge in [0, 0.05) is 19.1 Å². The zero-order chi connectivity index (χ0) is 12.9. The van der Waals surface area contributed by atoms with E-state index in [9.17, 15) is 13.2 Å². The van der Waals surface area contributed by atoms with Gasteiger partial charge in [0.25, 0.3) is 0 Å². The maximum atomic E-state index is 11.8. The van der Waals surface area contributed by atoms with Crippen molar-refractivity contribution >= 4 is 0 Å². The number of rotatable bonds is 5. The molecule has 1 saturated heterocycles. The Hall–Kier alpha value is -0.330. The van der Waals surface area contributed by atoms with Gasteiger partial charge in [-0.25, -0.2) is 0 Å². The second-order valence-electron chi connectivity index (χ2n) is 4.45. The summed E-state index contributed by atoms with van der Waals surface area (Å²) in [6.07, 6.45) is -2.48. The molecule has 1 aliphatic heterocycles. The third-order valence-electron chi connectivity index (χ3n) is 3.39. The number of hydrogen-bond donors (Lipinski definition) is 1. The van der Waals surface area contributed by atoms with Crippen LogP contribution in [0.3, 0.4) is 0 Å². The van der Waals surface area contributed by atoms with Gasteiger partial charge in [0.2, 0.25) is 0 Å². The molecule has 17 heavy (non-hydrogen) atoms. The minimum atomic E-state index is -4.51. The maximum absolute atomic E-state index is 11.8. The maximum Gasteiger partial charge on any atom is 0.522 e. The molecule has 0 aliphatic carbocycles. The van der Waals surface area contributed by atoms with Crippen LogP contribution in [0.5, 0.6) is 0 Å². The molecule has 0 aromatic carbocycles. The smallest absolute Gasteiger partial charge is 0.317 e. The Labute approximate surface area is 100 Å². The zero-order valence-electron chi connectivity index (χ0n) is 10.4. The Kier molecular flexibility index (Phi) is 5.69. The summed E-state index contributed by atoms with van der Waals surface area (Å²) in [6.45, 7) is 3.88. The minimum Gasteiger partial charge on any atom is -0.317 e. The number of nitrogens with one attached hydrogen (secondary N) is 1. The van der Waals surface area contributed by atoms with E-state index in [1.807, 2.05) is 11.9 Å². The lowest BCUT2D eigenvalue weighted by molar-refractivity contribution is -0.325. The lowest BCUT2D eigenvalue weighted by Gasteiger charge is -2.38. The average molecular weight is 254 g/mol. The molecule has 0 saturated carbocycles. The van der Waals surface area contributed by atoms with Gasteiger partial charge in [-0.3, -0.25) is 4.74 Å². The molecule has 1 fully saturated rings. The van der Waals surface area contributed by atoms with Crippen LogP contribution >= 0.6 is 0 Å². The third kappa shape index (κ3) is 5.23. The van der Waals surface area contributed by atoms with Gasteiger partial charge < -0.3 is 10.2 Å². The van der Waals surface area contributed by atoms with Crippen LogP contribution in [0.2, 0.25) is 0 Å². The highest BCUT2D eigenvalue weighted by molar-refractivity contribution is 4.83. The van der Waals surface area contributed by atoms with Crippen LogP contribution in [-0.2, 0) is 4.74 Å². The Bertz CT molecular complexity index is 223. The predicted molar refractivity (Wildman–Crippen MR) is 59.7 cm³/mol.